The van der Waals surface area contributed by atoms with E-state index in [2.05, 4.69) is 20.3 Å². The molecule has 1 N–H and O–H groups in total. The van der Waals surface area contributed by atoms with Crippen molar-refractivity contribution in [1.82, 2.24) is 25.0 Å². The predicted octanol–water partition coefficient (Wildman–Crippen LogP) is 5.46. The summed E-state index contributed by atoms with van der Waals surface area (Å²) < 4.78 is 45.9. The van der Waals surface area contributed by atoms with Crippen molar-refractivity contribution in [2.45, 2.75) is 52.1 Å². The van der Waals surface area contributed by atoms with Crippen molar-refractivity contribution in [3.63, 3.8) is 0 Å². The molecule has 0 saturated carbocycles. The van der Waals surface area contributed by atoms with Gasteiger partial charge in [0.05, 0.1) is 18.0 Å². The van der Waals surface area contributed by atoms with E-state index < -0.39 is 18.0 Å². The van der Waals surface area contributed by atoms with Crippen LogP contribution in [0.3, 0.4) is 0 Å². The van der Waals surface area contributed by atoms with E-state index >= 15 is 0 Å². The summed E-state index contributed by atoms with van der Waals surface area (Å²) in [6, 6.07) is 11.5. The Morgan fingerprint density at radius 2 is 1.92 bits per heavy atom. The monoisotopic (exact) mass is 497 g/mol. The molecule has 7 nitrogen and oxygen atoms in total. The summed E-state index contributed by atoms with van der Waals surface area (Å²) >= 11 is 0. The average Bonchev–Trinajstić information content (AvgIpc) is 3.36. The van der Waals surface area contributed by atoms with Crippen LogP contribution in [0.25, 0.3) is 11.3 Å². The number of ether oxygens (including phenoxy) is 1. The molecule has 4 aromatic rings. The summed E-state index contributed by atoms with van der Waals surface area (Å²) in [5.74, 6) is 0.668. The third-order valence-electron chi connectivity index (χ3n) is 5.88. The zero-order valence-electron chi connectivity index (χ0n) is 19.9. The molecule has 0 aliphatic heterocycles. The van der Waals surface area contributed by atoms with Gasteiger partial charge < -0.3 is 9.84 Å². The Kier molecular flexibility index (Phi) is 7.64. The van der Waals surface area contributed by atoms with Crippen LogP contribution in [0.1, 0.15) is 47.0 Å². The fourth-order valence-electron chi connectivity index (χ4n) is 3.84. The summed E-state index contributed by atoms with van der Waals surface area (Å²) in [6.07, 6.45) is 0.910. The molecule has 0 amide bonds. The van der Waals surface area contributed by atoms with Gasteiger partial charge in [0.2, 0.25) is 0 Å². The first-order valence-corrected chi connectivity index (χ1v) is 11.5. The fourth-order valence-corrected chi connectivity index (χ4v) is 3.84. The number of aryl methyl sites for hydroxylation is 3. The molecule has 3 heterocycles. The SMILES string of the molecule is Cc1cc(OCc2ccc(-c3ccc(C(F)(F)F)nc3)nc2C)ccc1C(O)CCCn1ccnn1. The number of halogens is 3. The molecular formula is C26H26F3N5O2. The Hall–Kier alpha value is -3.79. The van der Waals surface area contributed by atoms with Gasteiger partial charge in [-0.25, -0.2) is 0 Å². The largest absolute Gasteiger partial charge is 0.489 e. The molecule has 10 heteroatoms. The van der Waals surface area contributed by atoms with Gasteiger partial charge in [-0.15, -0.1) is 5.10 Å². The van der Waals surface area contributed by atoms with Crippen LogP contribution < -0.4 is 4.74 Å². The van der Waals surface area contributed by atoms with Crippen LogP contribution in [0, 0.1) is 13.8 Å². The molecule has 0 aliphatic rings. The van der Waals surface area contributed by atoms with Crippen molar-refractivity contribution in [3.05, 3.63) is 89.1 Å². The van der Waals surface area contributed by atoms with Crippen LogP contribution in [0.15, 0.2) is 61.1 Å². The molecule has 1 unspecified atom stereocenters. The second kappa shape index (κ2) is 10.9. The van der Waals surface area contributed by atoms with Crippen molar-refractivity contribution in [2.24, 2.45) is 0 Å². The number of nitrogens with zero attached hydrogens (tertiary/aromatic N) is 5. The Balaban J connectivity index is 1.35. The quantitative estimate of drug-likeness (QED) is 0.330. The van der Waals surface area contributed by atoms with E-state index in [4.69, 9.17) is 4.74 Å². The Labute approximate surface area is 206 Å². The molecule has 3 aromatic heterocycles. The number of aromatic nitrogens is 5. The van der Waals surface area contributed by atoms with Crippen LogP contribution in [0.5, 0.6) is 5.75 Å². The number of rotatable bonds is 9. The normalized spacial score (nSPS) is 12.5. The first-order chi connectivity index (χ1) is 17.2. The van der Waals surface area contributed by atoms with Crippen molar-refractivity contribution >= 4 is 0 Å². The average molecular weight is 498 g/mol. The van der Waals surface area contributed by atoms with Crippen molar-refractivity contribution in [1.29, 1.82) is 0 Å². The number of benzene rings is 1. The van der Waals surface area contributed by atoms with E-state index in [-0.39, 0.29) is 6.61 Å². The zero-order chi connectivity index (χ0) is 25.7. The summed E-state index contributed by atoms with van der Waals surface area (Å²) in [4.78, 5) is 8.00. The van der Waals surface area contributed by atoms with Crippen LogP contribution >= 0.6 is 0 Å². The lowest BCUT2D eigenvalue weighted by molar-refractivity contribution is -0.141. The molecule has 188 valence electrons. The lowest BCUT2D eigenvalue weighted by Gasteiger charge is -2.16. The molecule has 0 fully saturated rings. The van der Waals surface area contributed by atoms with Gasteiger partial charge in [-0.3, -0.25) is 14.6 Å². The third-order valence-corrected chi connectivity index (χ3v) is 5.88. The van der Waals surface area contributed by atoms with Crippen molar-refractivity contribution in [3.8, 4) is 17.0 Å². The number of aliphatic hydroxyl groups excluding tert-OH is 1. The van der Waals surface area contributed by atoms with Gasteiger partial charge >= 0.3 is 6.18 Å². The standard InChI is InChI=1S/C26H26F3N5O2/c1-17-14-21(7-8-22(17)24(35)4-3-12-34-13-11-31-33-34)36-16-20-5-9-23(32-18(20)2)19-6-10-25(30-15-19)26(27,28)29/h5-11,13-15,24,35H,3-4,12,16H2,1-2H3. The predicted molar refractivity (Wildman–Crippen MR) is 127 cm³/mol. The Bertz CT molecular complexity index is 1290. The highest BCUT2D eigenvalue weighted by atomic mass is 19.4. The maximum atomic E-state index is 12.7. The first-order valence-electron chi connectivity index (χ1n) is 11.5. The van der Waals surface area contributed by atoms with Gasteiger partial charge in [0.1, 0.15) is 18.1 Å². The van der Waals surface area contributed by atoms with Gasteiger partial charge in [0, 0.05) is 35.8 Å². The molecule has 0 saturated heterocycles. The number of alkyl halides is 3. The number of hydrogen-bond acceptors (Lipinski definition) is 6. The molecule has 0 radical (unpaired) electrons. The lowest BCUT2D eigenvalue weighted by Crippen LogP contribution is -2.07. The van der Waals surface area contributed by atoms with Crippen LogP contribution in [0.4, 0.5) is 13.2 Å². The van der Waals surface area contributed by atoms with Crippen LogP contribution in [-0.2, 0) is 19.3 Å². The summed E-state index contributed by atoms with van der Waals surface area (Å²) in [7, 11) is 0. The van der Waals surface area contributed by atoms with Gasteiger partial charge in [-0.2, -0.15) is 13.2 Å². The van der Waals surface area contributed by atoms with E-state index in [1.807, 2.05) is 38.1 Å². The summed E-state index contributed by atoms with van der Waals surface area (Å²) in [5.41, 5.74) is 3.46. The molecule has 36 heavy (non-hydrogen) atoms. The van der Waals surface area contributed by atoms with Crippen LogP contribution in [-0.4, -0.2) is 30.1 Å². The molecule has 0 spiro atoms. The van der Waals surface area contributed by atoms with Gasteiger partial charge in [0.25, 0.3) is 0 Å². The molecule has 0 aliphatic carbocycles. The number of aliphatic hydroxyl groups is 1. The minimum absolute atomic E-state index is 0.281. The maximum absolute atomic E-state index is 12.7. The minimum atomic E-state index is -4.48. The first kappa shape index (κ1) is 25.3. The lowest BCUT2D eigenvalue weighted by atomic mass is 9.99. The highest BCUT2D eigenvalue weighted by molar-refractivity contribution is 5.58. The third kappa shape index (κ3) is 6.25. The van der Waals surface area contributed by atoms with E-state index in [0.29, 0.717) is 35.7 Å². The smallest absolute Gasteiger partial charge is 0.433 e. The zero-order valence-corrected chi connectivity index (χ0v) is 19.9. The van der Waals surface area contributed by atoms with Gasteiger partial charge in [-0.1, -0.05) is 17.3 Å². The van der Waals surface area contributed by atoms with E-state index in [9.17, 15) is 18.3 Å². The Morgan fingerprint density at radius 1 is 1.08 bits per heavy atom. The summed E-state index contributed by atoms with van der Waals surface area (Å²) in [5, 5.41) is 18.3. The van der Waals surface area contributed by atoms with E-state index in [1.54, 1.807) is 23.1 Å². The number of pyridine rings is 2. The van der Waals surface area contributed by atoms with E-state index in [1.165, 1.54) is 12.3 Å². The maximum Gasteiger partial charge on any atom is 0.433 e. The Morgan fingerprint density at radius 3 is 2.56 bits per heavy atom. The number of hydrogen-bond donors (Lipinski definition) is 1. The van der Waals surface area contributed by atoms with Crippen molar-refractivity contribution in [2.75, 3.05) is 0 Å². The van der Waals surface area contributed by atoms with Gasteiger partial charge in [0.15, 0.2) is 0 Å². The second-order valence-corrected chi connectivity index (χ2v) is 8.50. The molecule has 4 rings (SSSR count). The van der Waals surface area contributed by atoms with Crippen molar-refractivity contribution < 1.29 is 23.0 Å². The van der Waals surface area contributed by atoms with Gasteiger partial charge in [-0.05, 0) is 68.1 Å². The molecule has 1 atom stereocenters. The molecule has 0 bridgehead atoms. The molecular weight excluding hydrogens is 471 g/mol. The highest BCUT2D eigenvalue weighted by Crippen LogP contribution is 2.29. The topological polar surface area (TPSA) is 86.0 Å². The second-order valence-electron chi connectivity index (χ2n) is 8.50. The summed E-state index contributed by atoms with van der Waals surface area (Å²) in [6.45, 7) is 4.73. The molecule has 1 aromatic carbocycles. The fraction of sp³-hybridized carbons (Fsp3) is 0.308. The van der Waals surface area contributed by atoms with Crippen LogP contribution in [0.2, 0.25) is 0 Å². The highest BCUT2D eigenvalue weighted by Gasteiger charge is 2.32. The van der Waals surface area contributed by atoms with E-state index in [0.717, 1.165) is 29.2 Å². The minimum Gasteiger partial charge on any atom is -0.489 e.